The van der Waals surface area contributed by atoms with Crippen molar-refractivity contribution in [2.75, 3.05) is 0 Å². The molecule has 2 aromatic rings. The smallest absolute Gasteiger partial charge is 0.146 e. The maximum Gasteiger partial charge on any atom is 0.146 e. The van der Waals surface area contributed by atoms with Crippen molar-refractivity contribution >= 4 is 23.2 Å². The molecule has 1 N–H and O–H groups in total. The van der Waals surface area contributed by atoms with Gasteiger partial charge in [0.2, 0.25) is 0 Å². The van der Waals surface area contributed by atoms with Crippen molar-refractivity contribution < 1.29 is 9.84 Å². The van der Waals surface area contributed by atoms with Crippen LogP contribution in [0.4, 0.5) is 0 Å². The van der Waals surface area contributed by atoms with Crippen LogP contribution in [0.5, 0.6) is 11.5 Å². The average molecular weight is 283 g/mol. The Labute approximate surface area is 116 Å². The molecule has 94 valence electrons. The molecule has 0 aliphatic carbocycles. The van der Waals surface area contributed by atoms with Crippen LogP contribution in [0.2, 0.25) is 10.0 Å². The Morgan fingerprint density at radius 1 is 1.06 bits per heavy atom. The van der Waals surface area contributed by atoms with Crippen molar-refractivity contribution in [2.45, 2.75) is 13.5 Å². The maximum absolute atomic E-state index is 9.00. The first-order valence-corrected chi connectivity index (χ1v) is 6.19. The summed E-state index contributed by atoms with van der Waals surface area (Å²) < 4.78 is 5.67. The topological polar surface area (TPSA) is 29.5 Å². The van der Waals surface area contributed by atoms with E-state index in [4.69, 9.17) is 33.0 Å². The molecule has 0 bridgehead atoms. The summed E-state index contributed by atoms with van der Waals surface area (Å²) in [6.07, 6.45) is 0. The third-order valence-electron chi connectivity index (χ3n) is 2.54. The molecule has 0 saturated heterocycles. The molecule has 0 aliphatic rings. The highest BCUT2D eigenvalue weighted by Crippen LogP contribution is 2.31. The van der Waals surface area contributed by atoms with Gasteiger partial charge in [-0.1, -0.05) is 29.3 Å². The van der Waals surface area contributed by atoms with Crippen LogP contribution in [0.25, 0.3) is 0 Å². The van der Waals surface area contributed by atoms with Crippen molar-refractivity contribution in [3.05, 3.63) is 57.6 Å². The molecule has 0 aliphatic heterocycles. The summed E-state index contributed by atoms with van der Waals surface area (Å²) in [4.78, 5) is 0. The molecule has 0 radical (unpaired) electrons. The highest BCUT2D eigenvalue weighted by Gasteiger charge is 2.05. The summed E-state index contributed by atoms with van der Waals surface area (Å²) in [5, 5.41) is 10.2. The highest BCUT2D eigenvalue weighted by atomic mass is 35.5. The molecule has 0 unspecified atom stereocenters. The summed E-state index contributed by atoms with van der Waals surface area (Å²) in [5.74, 6) is 1.23. The second kappa shape index (κ2) is 5.61. The van der Waals surface area contributed by atoms with Crippen LogP contribution in [0.1, 0.15) is 11.1 Å². The quantitative estimate of drug-likeness (QED) is 0.893. The number of benzene rings is 2. The highest BCUT2D eigenvalue weighted by molar-refractivity contribution is 6.32. The van der Waals surface area contributed by atoms with E-state index in [1.165, 1.54) is 0 Å². The zero-order valence-corrected chi connectivity index (χ0v) is 11.3. The fourth-order valence-electron chi connectivity index (χ4n) is 1.53. The Bertz CT molecular complexity index is 568. The zero-order chi connectivity index (χ0) is 13.1. The molecule has 0 saturated carbocycles. The van der Waals surface area contributed by atoms with Crippen molar-refractivity contribution in [3.8, 4) is 11.5 Å². The van der Waals surface area contributed by atoms with Crippen molar-refractivity contribution in [2.24, 2.45) is 0 Å². The number of hydrogen-bond acceptors (Lipinski definition) is 2. The molecule has 0 fully saturated rings. The first kappa shape index (κ1) is 13.2. The second-order valence-electron chi connectivity index (χ2n) is 3.94. The molecular weight excluding hydrogens is 271 g/mol. The minimum Gasteiger partial charge on any atom is -0.456 e. The van der Waals surface area contributed by atoms with Gasteiger partial charge in [0, 0.05) is 5.02 Å². The summed E-state index contributed by atoms with van der Waals surface area (Å²) in [6.45, 7) is 1.87. The molecule has 4 heteroatoms. The lowest BCUT2D eigenvalue weighted by Gasteiger charge is -2.09. The van der Waals surface area contributed by atoms with Crippen LogP contribution in [-0.4, -0.2) is 5.11 Å². The minimum atomic E-state index is -0.0416. The van der Waals surface area contributed by atoms with Gasteiger partial charge in [-0.3, -0.25) is 0 Å². The lowest BCUT2D eigenvalue weighted by Crippen LogP contribution is -1.89. The predicted molar refractivity (Wildman–Crippen MR) is 73.6 cm³/mol. The molecule has 2 nitrogen and oxygen atoms in total. The lowest BCUT2D eigenvalue weighted by molar-refractivity contribution is 0.281. The van der Waals surface area contributed by atoms with E-state index in [2.05, 4.69) is 0 Å². The van der Waals surface area contributed by atoms with Crippen molar-refractivity contribution in [1.82, 2.24) is 0 Å². The van der Waals surface area contributed by atoms with E-state index < -0.39 is 0 Å². The summed E-state index contributed by atoms with van der Waals surface area (Å²) in [6, 6.07) is 10.6. The number of aliphatic hydroxyl groups excluding tert-OH is 1. The fraction of sp³-hybridized carbons (Fsp3) is 0.143. The first-order chi connectivity index (χ1) is 8.60. The van der Waals surface area contributed by atoms with Gasteiger partial charge in [0.15, 0.2) is 0 Å². The fourth-order valence-corrected chi connectivity index (χ4v) is 1.89. The number of halogens is 2. The van der Waals surface area contributed by atoms with Crippen LogP contribution >= 0.6 is 23.2 Å². The maximum atomic E-state index is 9.00. The van der Waals surface area contributed by atoms with Crippen LogP contribution in [0.15, 0.2) is 36.4 Å². The third-order valence-corrected chi connectivity index (χ3v) is 3.26. The molecule has 2 rings (SSSR count). The Morgan fingerprint density at radius 2 is 1.83 bits per heavy atom. The van der Waals surface area contributed by atoms with E-state index in [1.54, 1.807) is 30.3 Å². The number of ether oxygens (including phenoxy) is 1. The molecule has 0 heterocycles. The SMILES string of the molecule is Cc1cc(Oc2ccc(CO)cc2Cl)ccc1Cl. The predicted octanol–water partition coefficient (Wildman–Crippen LogP) is 4.59. The van der Waals surface area contributed by atoms with Gasteiger partial charge < -0.3 is 9.84 Å². The van der Waals surface area contributed by atoms with Gasteiger partial charge in [0.1, 0.15) is 11.5 Å². The van der Waals surface area contributed by atoms with Gasteiger partial charge in [-0.15, -0.1) is 0 Å². The molecular formula is C14H12Cl2O2. The molecule has 0 atom stereocenters. The average Bonchev–Trinajstić information content (AvgIpc) is 2.36. The van der Waals surface area contributed by atoms with Crippen LogP contribution in [-0.2, 0) is 6.61 Å². The second-order valence-corrected chi connectivity index (χ2v) is 4.75. The Morgan fingerprint density at radius 3 is 2.44 bits per heavy atom. The largest absolute Gasteiger partial charge is 0.456 e. The lowest BCUT2D eigenvalue weighted by atomic mass is 10.2. The van der Waals surface area contributed by atoms with Gasteiger partial charge in [-0.25, -0.2) is 0 Å². The molecule has 0 aromatic heterocycles. The number of hydrogen-bond donors (Lipinski definition) is 1. The summed E-state index contributed by atoms with van der Waals surface area (Å²) in [5.41, 5.74) is 1.69. The van der Waals surface area contributed by atoms with Crippen molar-refractivity contribution in [1.29, 1.82) is 0 Å². The van der Waals surface area contributed by atoms with E-state index in [9.17, 15) is 0 Å². The van der Waals surface area contributed by atoms with Gasteiger partial charge in [-0.2, -0.15) is 0 Å². The number of aliphatic hydroxyl groups is 1. The number of aryl methyl sites for hydroxylation is 1. The van der Waals surface area contributed by atoms with Crippen LogP contribution in [0.3, 0.4) is 0 Å². The molecule has 18 heavy (non-hydrogen) atoms. The normalized spacial score (nSPS) is 10.4. The van der Waals surface area contributed by atoms with E-state index >= 15 is 0 Å². The number of rotatable bonds is 3. The molecule has 2 aromatic carbocycles. The summed E-state index contributed by atoms with van der Waals surface area (Å²) in [7, 11) is 0. The van der Waals surface area contributed by atoms with E-state index in [0.717, 1.165) is 11.1 Å². The third kappa shape index (κ3) is 2.96. The Kier molecular flexibility index (Phi) is 4.12. The van der Waals surface area contributed by atoms with Gasteiger partial charge in [-0.05, 0) is 48.4 Å². The Hall–Kier alpha value is -1.22. The standard InChI is InChI=1S/C14H12Cl2O2/c1-9-6-11(3-4-12(9)15)18-14-5-2-10(8-17)7-13(14)16/h2-7,17H,8H2,1H3. The first-order valence-electron chi connectivity index (χ1n) is 5.43. The van der Waals surface area contributed by atoms with E-state index in [0.29, 0.717) is 21.5 Å². The van der Waals surface area contributed by atoms with Crippen LogP contribution < -0.4 is 4.74 Å². The van der Waals surface area contributed by atoms with E-state index in [-0.39, 0.29) is 6.61 Å². The molecule has 0 spiro atoms. The summed E-state index contributed by atoms with van der Waals surface area (Å²) >= 11 is 12.0. The monoisotopic (exact) mass is 282 g/mol. The molecule has 0 amide bonds. The zero-order valence-electron chi connectivity index (χ0n) is 9.78. The van der Waals surface area contributed by atoms with Crippen molar-refractivity contribution in [3.63, 3.8) is 0 Å². The minimum absolute atomic E-state index is 0.0416. The Balaban J connectivity index is 2.25. The van der Waals surface area contributed by atoms with Gasteiger partial charge in [0.25, 0.3) is 0 Å². The van der Waals surface area contributed by atoms with Gasteiger partial charge >= 0.3 is 0 Å². The van der Waals surface area contributed by atoms with Gasteiger partial charge in [0.05, 0.1) is 11.6 Å². The van der Waals surface area contributed by atoms with E-state index in [1.807, 2.05) is 13.0 Å². The van der Waals surface area contributed by atoms with Crippen LogP contribution in [0, 0.1) is 6.92 Å².